The molecule has 110 valence electrons. The fraction of sp³-hybridized carbons (Fsp3) is 0.250. The van der Waals surface area contributed by atoms with Gasteiger partial charge in [0.15, 0.2) is 0 Å². The SMILES string of the molecule is CCC(C(=O)O)N(C)C(=O)c1cc2ccccc2cc1N. The Kier molecular flexibility index (Phi) is 4.12. The van der Waals surface area contributed by atoms with Crippen molar-refractivity contribution in [2.24, 2.45) is 0 Å². The number of carboxylic acid groups (broad SMARTS) is 1. The highest BCUT2D eigenvalue weighted by Crippen LogP contribution is 2.23. The maximum Gasteiger partial charge on any atom is 0.326 e. The lowest BCUT2D eigenvalue weighted by Crippen LogP contribution is -2.42. The number of aliphatic carboxylic acids is 1. The molecule has 0 heterocycles. The number of hydrogen-bond acceptors (Lipinski definition) is 3. The number of anilines is 1. The van der Waals surface area contributed by atoms with E-state index in [1.807, 2.05) is 24.3 Å². The summed E-state index contributed by atoms with van der Waals surface area (Å²) in [5.41, 5.74) is 6.63. The summed E-state index contributed by atoms with van der Waals surface area (Å²) >= 11 is 0. The monoisotopic (exact) mass is 286 g/mol. The zero-order chi connectivity index (χ0) is 15.6. The molecule has 21 heavy (non-hydrogen) atoms. The highest BCUT2D eigenvalue weighted by Gasteiger charge is 2.26. The maximum atomic E-state index is 12.5. The second kappa shape index (κ2) is 5.83. The van der Waals surface area contributed by atoms with Crippen LogP contribution in [-0.4, -0.2) is 35.0 Å². The molecule has 1 amide bonds. The van der Waals surface area contributed by atoms with Crippen LogP contribution in [0.2, 0.25) is 0 Å². The van der Waals surface area contributed by atoms with E-state index in [2.05, 4.69) is 0 Å². The Morgan fingerprint density at radius 2 is 1.81 bits per heavy atom. The molecule has 0 radical (unpaired) electrons. The summed E-state index contributed by atoms with van der Waals surface area (Å²) < 4.78 is 0. The van der Waals surface area contributed by atoms with Crippen LogP contribution in [0.15, 0.2) is 36.4 Å². The van der Waals surface area contributed by atoms with E-state index < -0.39 is 12.0 Å². The number of nitrogen functional groups attached to an aromatic ring is 1. The number of carbonyl (C=O) groups excluding carboxylic acids is 1. The lowest BCUT2D eigenvalue weighted by molar-refractivity contribution is -0.142. The van der Waals surface area contributed by atoms with Gasteiger partial charge in [-0.2, -0.15) is 0 Å². The molecule has 0 fully saturated rings. The van der Waals surface area contributed by atoms with Crippen molar-refractivity contribution in [3.63, 3.8) is 0 Å². The van der Waals surface area contributed by atoms with Gasteiger partial charge >= 0.3 is 5.97 Å². The number of carboxylic acids is 1. The Morgan fingerprint density at radius 3 is 2.33 bits per heavy atom. The number of rotatable bonds is 4. The van der Waals surface area contributed by atoms with Gasteiger partial charge in [0.1, 0.15) is 6.04 Å². The second-order valence-corrected chi connectivity index (χ2v) is 4.96. The molecule has 5 heteroatoms. The smallest absolute Gasteiger partial charge is 0.326 e. The van der Waals surface area contributed by atoms with Gasteiger partial charge < -0.3 is 15.7 Å². The van der Waals surface area contributed by atoms with E-state index in [-0.39, 0.29) is 5.91 Å². The average Bonchev–Trinajstić information content (AvgIpc) is 2.46. The second-order valence-electron chi connectivity index (χ2n) is 4.96. The van der Waals surface area contributed by atoms with E-state index in [9.17, 15) is 9.59 Å². The van der Waals surface area contributed by atoms with Crippen molar-refractivity contribution >= 4 is 28.3 Å². The van der Waals surface area contributed by atoms with Crippen molar-refractivity contribution in [3.8, 4) is 0 Å². The van der Waals surface area contributed by atoms with Crippen molar-refractivity contribution in [2.75, 3.05) is 12.8 Å². The number of hydrogen-bond donors (Lipinski definition) is 2. The van der Waals surface area contributed by atoms with Crippen molar-refractivity contribution in [1.82, 2.24) is 4.90 Å². The highest BCUT2D eigenvalue weighted by atomic mass is 16.4. The van der Waals surface area contributed by atoms with Crippen molar-refractivity contribution < 1.29 is 14.7 Å². The summed E-state index contributed by atoms with van der Waals surface area (Å²) in [6.45, 7) is 1.73. The summed E-state index contributed by atoms with van der Waals surface area (Å²) in [5, 5.41) is 11.0. The first-order valence-corrected chi connectivity index (χ1v) is 6.74. The number of carbonyl (C=O) groups is 2. The molecule has 2 aromatic rings. The first-order valence-electron chi connectivity index (χ1n) is 6.74. The zero-order valence-corrected chi connectivity index (χ0v) is 12.0. The van der Waals surface area contributed by atoms with Crippen LogP contribution in [0.1, 0.15) is 23.7 Å². The highest BCUT2D eigenvalue weighted by molar-refractivity contribution is 6.04. The summed E-state index contributed by atoms with van der Waals surface area (Å²) in [4.78, 5) is 24.9. The first kappa shape index (κ1) is 14.8. The quantitative estimate of drug-likeness (QED) is 0.845. The van der Waals surface area contributed by atoms with Crippen molar-refractivity contribution in [1.29, 1.82) is 0 Å². The molecule has 2 rings (SSSR count). The predicted molar refractivity (Wildman–Crippen MR) is 82.2 cm³/mol. The molecule has 3 N–H and O–H groups in total. The number of nitrogens with zero attached hydrogens (tertiary/aromatic N) is 1. The zero-order valence-electron chi connectivity index (χ0n) is 12.0. The normalized spacial score (nSPS) is 12.1. The standard InChI is InChI=1S/C16H18N2O3/c1-3-14(16(20)21)18(2)15(19)12-8-10-6-4-5-7-11(10)9-13(12)17/h4-9,14H,3,17H2,1-2H3,(H,20,21). The van der Waals surface area contributed by atoms with Crippen LogP contribution in [0.4, 0.5) is 5.69 Å². The molecular weight excluding hydrogens is 268 g/mol. The molecule has 0 bridgehead atoms. The van der Waals surface area contributed by atoms with E-state index in [0.717, 1.165) is 10.8 Å². The summed E-state index contributed by atoms with van der Waals surface area (Å²) in [7, 11) is 1.49. The van der Waals surface area contributed by atoms with Crippen molar-refractivity contribution in [2.45, 2.75) is 19.4 Å². The van der Waals surface area contributed by atoms with Gasteiger partial charge in [0.2, 0.25) is 0 Å². The van der Waals surface area contributed by atoms with Gasteiger partial charge in [-0.1, -0.05) is 31.2 Å². The van der Waals surface area contributed by atoms with E-state index in [1.165, 1.54) is 11.9 Å². The van der Waals surface area contributed by atoms with E-state index in [0.29, 0.717) is 17.7 Å². The minimum absolute atomic E-state index is 0.330. The van der Waals surface area contributed by atoms with E-state index >= 15 is 0 Å². The molecule has 0 aliphatic heterocycles. The molecule has 0 aliphatic carbocycles. The fourth-order valence-corrected chi connectivity index (χ4v) is 2.39. The van der Waals surface area contributed by atoms with Gasteiger partial charge in [-0.05, 0) is 29.3 Å². The molecule has 5 nitrogen and oxygen atoms in total. The molecule has 0 saturated carbocycles. The van der Waals surface area contributed by atoms with Crippen LogP contribution >= 0.6 is 0 Å². The molecular formula is C16H18N2O3. The van der Waals surface area contributed by atoms with Gasteiger partial charge in [-0.3, -0.25) is 4.79 Å². The number of amides is 1. The Balaban J connectivity index is 2.43. The van der Waals surface area contributed by atoms with Gasteiger partial charge in [0.05, 0.1) is 5.56 Å². The number of benzene rings is 2. The topological polar surface area (TPSA) is 83.6 Å². The third-order valence-electron chi connectivity index (χ3n) is 3.61. The van der Waals surface area contributed by atoms with Gasteiger partial charge in [-0.15, -0.1) is 0 Å². The van der Waals surface area contributed by atoms with Crippen molar-refractivity contribution in [3.05, 3.63) is 42.0 Å². The van der Waals surface area contributed by atoms with Crippen LogP contribution in [0.3, 0.4) is 0 Å². The Morgan fingerprint density at radius 1 is 1.24 bits per heavy atom. The summed E-state index contributed by atoms with van der Waals surface area (Å²) in [6, 6.07) is 10.2. The molecule has 2 aromatic carbocycles. The Labute approximate surface area is 123 Å². The Bertz CT molecular complexity index is 697. The first-order chi connectivity index (χ1) is 9.95. The molecule has 0 spiro atoms. The third-order valence-corrected chi connectivity index (χ3v) is 3.61. The van der Waals surface area contributed by atoms with Crippen LogP contribution < -0.4 is 5.73 Å². The largest absolute Gasteiger partial charge is 0.480 e. The lowest BCUT2D eigenvalue weighted by Gasteiger charge is -2.24. The van der Waals surface area contributed by atoms with Gasteiger partial charge in [0.25, 0.3) is 5.91 Å². The minimum atomic E-state index is -1.02. The number of nitrogens with two attached hydrogens (primary N) is 1. The summed E-state index contributed by atoms with van der Waals surface area (Å²) in [6.07, 6.45) is 0.338. The molecule has 0 saturated heterocycles. The number of fused-ring (bicyclic) bond motifs is 1. The number of likely N-dealkylation sites (N-methyl/N-ethyl adjacent to an activating group) is 1. The van der Waals surface area contributed by atoms with Crippen LogP contribution in [0.25, 0.3) is 10.8 Å². The van der Waals surface area contributed by atoms with E-state index in [1.54, 1.807) is 19.1 Å². The molecule has 0 aliphatic rings. The van der Waals surface area contributed by atoms with Gasteiger partial charge in [-0.25, -0.2) is 4.79 Å². The van der Waals surface area contributed by atoms with Gasteiger partial charge in [0, 0.05) is 12.7 Å². The Hall–Kier alpha value is -2.56. The van der Waals surface area contributed by atoms with Crippen LogP contribution in [0.5, 0.6) is 0 Å². The van der Waals surface area contributed by atoms with Crippen LogP contribution in [0, 0.1) is 0 Å². The molecule has 1 atom stereocenters. The lowest BCUT2D eigenvalue weighted by atomic mass is 10.0. The third kappa shape index (κ3) is 2.81. The van der Waals surface area contributed by atoms with E-state index in [4.69, 9.17) is 10.8 Å². The fourth-order valence-electron chi connectivity index (χ4n) is 2.39. The van der Waals surface area contributed by atoms with Crippen LogP contribution in [-0.2, 0) is 4.79 Å². The maximum absolute atomic E-state index is 12.5. The molecule has 0 aromatic heterocycles. The minimum Gasteiger partial charge on any atom is -0.480 e. The molecule has 1 unspecified atom stereocenters. The average molecular weight is 286 g/mol. The summed E-state index contributed by atoms with van der Waals surface area (Å²) in [5.74, 6) is -1.40. The predicted octanol–water partition coefficient (Wildman–Crippen LogP) is 2.36.